The van der Waals surface area contributed by atoms with Crippen LogP contribution in [-0.2, 0) is 0 Å². The lowest BCUT2D eigenvalue weighted by Crippen LogP contribution is -2.06. The van der Waals surface area contributed by atoms with E-state index in [9.17, 15) is 0 Å². The van der Waals surface area contributed by atoms with Crippen molar-refractivity contribution in [1.29, 1.82) is 0 Å². The highest BCUT2D eigenvalue weighted by molar-refractivity contribution is 6.28. The van der Waals surface area contributed by atoms with Gasteiger partial charge in [-0.15, -0.1) is 0 Å². The fraction of sp³-hybridized carbons (Fsp3) is 0. The third-order valence-electron chi connectivity index (χ3n) is 9.65. The molecule has 49 heavy (non-hydrogen) atoms. The van der Waals surface area contributed by atoms with Gasteiger partial charge in [0.25, 0.3) is 0 Å². The lowest BCUT2D eigenvalue weighted by molar-refractivity contribution is 0.954. The first-order valence-electron chi connectivity index (χ1n) is 16.5. The van der Waals surface area contributed by atoms with E-state index in [1.807, 2.05) is 18.2 Å². The molecule has 228 valence electrons. The monoisotopic (exact) mass is 624 g/mol. The molecule has 2 aromatic heterocycles. The zero-order chi connectivity index (χ0) is 32.3. The number of benzene rings is 8. The molecule has 4 heteroatoms. The number of hydrogen-bond donors (Lipinski definition) is 0. The summed E-state index contributed by atoms with van der Waals surface area (Å²) in [6, 6.07) is 59.7. The van der Waals surface area contributed by atoms with Crippen molar-refractivity contribution < 1.29 is 0 Å². The van der Waals surface area contributed by atoms with Crippen LogP contribution in [-0.4, -0.2) is 19.5 Å². The zero-order valence-electron chi connectivity index (χ0n) is 26.5. The fourth-order valence-corrected chi connectivity index (χ4v) is 7.43. The Labute approximate surface area is 282 Å². The summed E-state index contributed by atoms with van der Waals surface area (Å²) in [7, 11) is 0. The van der Waals surface area contributed by atoms with Gasteiger partial charge < -0.3 is 0 Å². The molecule has 0 aliphatic carbocycles. The van der Waals surface area contributed by atoms with E-state index in [2.05, 4.69) is 156 Å². The largest absolute Gasteiger partial charge is 0.278 e. The molecule has 0 N–H and O–H groups in total. The van der Waals surface area contributed by atoms with Gasteiger partial charge in [-0.3, -0.25) is 4.57 Å². The van der Waals surface area contributed by atoms with E-state index < -0.39 is 0 Å². The maximum atomic E-state index is 5.33. The second kappa shape index (κ2) is 11.0. The first-order chi connectivity index (χ1) is 24.3. The second-order valence-corrected chi connectivity index (χ2v) is 12.4. The van der Waals surface area contributed by atoms with Crippen LogP contribution in [0.5, 0.6) is 0 Å². The molecule has 0 saturated carbocycles. The van der Waals surface area contributed by atoms with Gasteiger partial charge in [-0.05, 0) is 61.6 Å². The predicted molar refractivity (Wildman–Crippen MR) is 203 cm³/mol. The normalized spacial score (nSPS) is 11.7. The standard InChI is InChI=1S/C45H28N4/c1-3-13-29(14-4-1)33-25-26-38(37-22-12-11-21-36(33)37)44-46-43(32-17-5-2-6-18-32)47-45(48-44)49-39-27-23-30-15-7-9-19-34(30)41(39)42-35-20-10-8-16-31(35)24-28-40(42)49/h1-28H. The lowest BCUT2D eigenvalue weighted by atomic mass is 9.95. The molecule has 0 aliphatic rings. The first-order valence-corrected chi connectivity index (χ1v) is 16.5. The van der Waals surface area contributed by atoms with E-state index in [0.29, 0.717) is 17.6 Å². The molecule has 0 unspecified atom stereocenters. The average Bonchev–Trinajstić information content (AvgIpc) is 3.53. The Bertz CT molecular complexity index is 2780. The van der Waals surface area contributed by atoms with Gasteiger partial charge in [0.2, 0.25) is 5.95 Å². The Hall–Kier alpha value is -6.65. The third kappa shape index (κ3) is 4.35. The van der Waals surface area contributed by atoms with Crippen LogP contribution in [0.25, 0.3) is 94.0 Å². The maximum absolute atomic E-state index is 5.33. The smallest absolute Gasteiger partial charge is 0.238 e. The molecule has 0 radical (unpaired) electrons. The molecule has 0 saturated heterocycles. The number of hydrogen-bond acceptors (Lipinski definition) is 3. The van der Waals surface area contributed by atoms with Crippen LogP contribution >= 0.6 is 0 Å². The first kappa shape index (κ1) is 27.5. The summed E-state index contributed by atoms with van der Waals surface area (Å²) in [5.41, 5.74) is 6.38. The highest BCUT2D eigenvalue weighted by Crippen LogP contribution is 2.41. The Kier molecular flexibility index (Phi) is 6.15. The zero-order valence-corrected chi connectivity index (χ0v) is 26.5. The number of aromatic nitrogens is 4. The van der Waals surface area contributed by atoms with Crippen LogP contribution in [0.1, 0.15) is 0 Å². The van der Waals surface area contributed by atoms with Crippen molar-refractivity contribution in [2.45, 2.75) is 0 Å². The highest BCUT2D eigenvalue weighted by Gasteiger charge is 2.21. The molecule has 0 atom stereocenters. The van der Waals surface area contributed by atoms with Crippen LogP contribution < -0.4 is 0 Å². The summed E-state index contributed by atoms with van der Waals surface area (Å²) in [5, 5.41) is 9.47. The molecule has 10 rings (SSSR count). The van der Waals surface area contributed by atoms with Gasteiger partial charge in [0.1, 0.15) is 0 Å². The SMILES string of the molecule is c1ccc(-c2nc(-c3ccc(-c4ccccc4)c4ccccc34)nc(-n3c4ccc5ccccc5c4c4c5ccccc5ccc43)n2)cc1. The Morgan fingerprint density at radius 3 is 1.41 bits per heavy atom. The Morgan fingerprint density at radius 1 is 0.327 bits per heavy atom. The summed E-state index contributed by atoms with van der Waals surface area (Å²) in [6.45, 7) is 0. The van der Waals surface area contributed by atoms with Crippen molar-refractivity contribution in [3.05, 3.63) is 170 Å². The van der Waals surface area contributed by atoms with Gasteiger partial charge in [-0.25, -0.2) is 4.98 Å². The fourth-order valence-electron chi connectivity index (χ4n) is 7.43. The minimum atomic E-state index is 0.589. The summed E-state index contributed by atoms with van der Waals surface area (Å²) < 4.78 is 2.22. The van der Waals surface area contributed by atoms with E-state index in [4.69, 9.17) is 15.0 Å². The molecular formula is C45H28N4. The molecular weight excluding hydrogens is 597 g/mol. The second-order valence-electron chi connectivity index (χ2n) is 12.4. The third-order valence-corrected chi connectivity index (χ3v) is 9.65. The van der Waals surface area contributed by atoms with Gasteiger partial charge in [0.15, 0.2) is 11.6 Å². The summed E-state index contributed by atoms with van der Waals surface area (Å²) in [6.07, 6.45) is 0. The summed E-state index contributed by atoms with van der Waals surface area (Å²) in [5.74, 6) is 1.86. The van der Waals surface area contributed by atoms with Gasteiger partial charge >= 0.3 is 0 Å². The van der Waals surface area contributed by atoms with Crippen LogP contribution in [0.4, 0.5) is 0 Å². The summed E-state index contributed by atoms with van der Waals surface area (Å²) >= 11 is 0. The summed E-state index contributed by atoms with van der Waals surface area (Å²) in [4.78, 5) is 15.7. The Morgan fingerprint density at radius 2 is 0.796 bits per heavy atom. The van der Waals surface area contributed by atoms with Gasteiger partial charge in [0.05, 0.1) is 11.0 Å². The van der Waals surface area contributed by atoms with E-state index in [1.54, 1.807) is 0 Å². The number of nitrogens with zero attached hydrogens (tertiary/aromatic N) is 4. The lowest BCUT2D eigenvalue weighted by Gasteiger charge is -2.14. The highest BCUT2D eigenvalue weighted by atomic mass is 15.2. The van der Waals surface area contributed by atoms with E-state index in [1.165, 1.54) is 43.4 Å². The minimum absolute atomic E-state index is 0.589. The number of rotatable bonds is 4. The van der Waals surface area contributed by atoms with Gasteiger partial charge in [0, 0.05) is 21.9 Å². The number of fused-ring (bicyclic) bond motifs is 8. The van der Waals surface area contributed by atoms with E-state index in [0.717, 1.165) is 32.9 Å². The van der Waals surface area contributed by atoms with Gasteiger partial charge in [-0.1, -0.05) is 152 Å². The molecule has 0 fully saturated rings. The molecule has 8 aromatic carbocycles. The molecule has 0 spiro atoms. The van der Waals surface area contributed by atoms with Crippen molar-refractivity contribution in [2.75, 3.05) is 0 Å². The molecule has 0 aliphatic heterocycles. The quantitative estimate of drug-likeness (QED) is 0.196. The van der Waals surface area contributed by atoms with Crippen LogP contribution in [0.2, 0.25) is 0 Å². The van der Waals surface area contributed by atoms with Gasteiger partial charge in [-0.2, -0.15) is 9.97 Å². The van der Waals surface area contributed by atoms with Crippen LogP contribution in [0, 0.1) is 0 Å². The van der Waals surface area contributed by atoms with E-state index in [-0.39, 0.29) is 0 Å². The van der Waals surface area contributed by atoms with E-state index >= 15 is 0 Å². The molecule has 0 bridgehead atoms. The van der Waals surface area contributed by atoms with Crippen LogP contribution in [0.3, 0.4) is 0 Å². The van der Waals surface area contributed by atoms with Crippen molar-refractivity contribution in [3.63, 3.8) is 0 Å². The molecule has 2 heterocycles. The van der Waals surface area contributed by atoms with Crippen LogP contribution in [0.15, 0.2) is 170 Å². The Balaban J connectivity index is 1.31. The molecule has 10 aromatic rings. The van der Waals surface area contributed by atoms with Crippen molar-refractivity contribution in [1.82, 2.24) is 19.5 Å². The maximum Gasteiger partial charge on any atom is 0.238 e. The van der Waals surface area contributed by atoms with Crippen molar-refractivity contribution in [2.24, 2.45) is 0 Å². The average molecular weight is 625 g/mol. The predicted octanol–water partition coefficient (Wildman–Crippen LogP) is 11.4. The van der Waals surface area contributed by atoms with Crippen molar-refractivity contribution in [3.8, 4) is 39.9 Å². The molecule has 4 nitrogen and oxygen atoms in total. The molecule has 0 amide bonds. The topological polar surface area (TPSA) is 43.6 Å². The minimum Gasteiger partial charge on any atom is -0.278 e. The van der Waals surface area contributed by atoms with Crippen molar-refractivity contribution >= 4 is 54.1 Å².